The fourth-order valence-electron chi connectivity index (χ4n) is 2.90. The van der Waals surface area contributed by atoms with Crippen LogP contribution >= 0.6 is 0 Å². The summed E-state index contributed by atoms with van der Waals surface area (Å²) in [5, 5.41) is 10.5. The minimum Gasteiger partial charge on any atom is -0.497 e. The molecular weight excluding hydrogens is 330 g/mol. The molecule has 0 saturated carbocycles. The number of aromatic nitrogens is 3. The largest absolute Gasteiger partial charge is 0.497 e. The number of methoxy groups -OCH3 is 1. The van der Waals surface area contributed by atoms with Crippen LogP contribution in [0.3, 0.4) is 0 Å². The Bertz CT molecular complexity index is 795. The van der Waals surface area contributed by atoms with Gasteiger partial charge in [-0.3, -0.25) is 4.79 Å². The van der Waals surface area contributed by atoms with Crippen LogP contribution in [0.4, 0.5) is 0 Å². The second kappa shape index (κ2) is 8.12. The van der Waals surface area contributed by atoms with Gasteiger partial charge in [-0.2, -0.15) is 10.2 Å². The zero-order chi connectivity index (χ0) is 18.5. The van der Waals surface area contributed by atoms with E-state index in [1.54, 1.807) is 14.2 Å². The molecule has 3 rings (SSSR count). The quantitative estimate of drug-likeness (QED) is 0.765. The van der Waals surface area contributed by atoms with E-state index in [4.69, 9.17) is 14.8 Å². The lowest BCUT2D eigenvalue weighted by atomic mass is 10.1. The summed E-state index contributed by atoms with van der Waals surface area (Å²) in [6.07, 6.45) is 3.83. The zero-order valence-electron chi connectivity index (χ0n) is 15.6. The summed E-state index contributed by atoms with van der Waals surface area (Å²) in [7, 11) is 3.34. The van der Waals surface area contributed by atoms with Gasteiger partial charge in [0.15, 0.2) is 11.6 Å². The molecule has 1 aliphatic rings. The molecule has 0 unspecified atom stereocenters. The van der Waals surface area contributed by atoms with Gasteiger partial charge >= 0.3 is 0 Å². The van der Waals surface area contributed by atoms with Crippen molar-refractivity contribution in [1.29, 1.82) is 0 Å². The van der Waals surface area contributed by atoms with Crippen LogP contribution in [-0.2, 0) is 17.8 Å². The number of amides is 1. The average Bonchev–Trinajstić information content (AvgIpc) is 3.05. The van der Waals surface area contributed by atoms with Crippen molar-refractivity contribution in [2.75, 3.05) is 14.2 Å². The van der Waals surface area contributed by atoms with E-state index in [-0.39, 0.29) is 5.91 Å². The Morgan fingerprint density at radius 1 is 1.19 bits per heavy atom. The van der Waals surface area contributed by atoms with E-state index in [9.17, 15) is 4.79 Å². The molecule has 0 atom stereocenters. The van der Waals surface area contributed by atoms with E-state index in [2.05, 4.69) is 12.0 Å². The Balaban J connectivity index is 1.86. The number of hydrazone groups is 1. The van der Waals surface area contributed by atoms with Gasteiger partial charge < -0.3 is 4.74 Å². The van der Waals surface area contributed by atoms with Crippen molar-refractivity contribution in [3.05, 3.63) is 41.5 Å². The molecule has 1 aromatic carbocycles. The van der Waals surface area contributed by atoms with E-state index < -0.39 is 0 Å². The number of aryl methyl sites for hydroxylation is 1. The van der Waals surface area contributed by atoms with Gasteiger partial charge in [-0.1, -0.05) is 25.5 Å². The molecule has 1 aromatic heterocycles. The average molecular weight is 355 g/mol. The van der Waals surface area contributed by atoms with Crippen molar-refractivity contribution in [2.24, 2.45) is 5.10 Å². The van der Waals surface area contributed by atoms with Crippen molar-refractivity contribution >= 4 is 11.6 Å². The predicted octanol–water partition coefficient (Wildman–Crippen LogP) is 2.63. The SMILES string of the molecule is CCCCn1nc(Cc2ccc(OC)cc2)nc1C1=NN(C)C(=O)CC1. The number of carbonyl (C=O) groups excluding carboxylic acids is 1. The van der Waals surface area contributed by atoms with Gasteiger partial charge in [-0.25, -0.2) is 14.7 Å². The first kappa shape index (κ1) is 18.1. The summed E-state index contributed by atoms with van der Waals surface area (Å²) in [6, 6.07) is 7.93. The van der Waals surface area contributed by atoms with Crippen LogP contribution in [-0.4, -0.2) is 45.5 Å². The zero-order valence-corrected chi connectivity index (χ0v) is 15.6. The molecule has 7 heteroatoms. The molecule has 26 heavy (non-hydrogen) atoms. The maximum Gasteiger partial charge on any atom is 0.242 e. The Morgan fingerprint density at radius 2 is 1.96 bits per heavy atom. The van der Waals surface area contributed by atoms with E-state index >= 15 is 0 Å². The topological polar surface area (TPSA) is 72.6 Å². The highest BCUT2D eigenvalue weighted by Crippen LogP contribution is 2.17. The Morgan fingerprint density at radius 3 is 2.62 bits per heavy atom. The number of rotatable bonds is 7. The maximum absolute atomic E-state index is 11.7. The van der Waals surface area contributed by atoms with Crippen molar-refractivity contribution < 1.29 is 9.53 Å². The third kappa shape index (κ3) is 4.09. The summed E-state index contributed by atoms with van der Waals surface area (Å²) in [5.41, 5.74) is 1.96. The predicted molar refractivity (Wildman–Crippen MR) is 99.3 cm³/mol. The Hall–Kier alpha value is -2.70. The van der Waals surface area contributed by atoms with E-state index in [1.807, 2.05) is 28.9 Å². The number of benzene rings is 1. The molecule has 0 radical (unpaired) electrons. The van der Waals surface area contributed by atoms with Crippen molar-refractivity contribution in [3.63, 3.8) is 0 Å². The van der Waals surface area contributed by atoms with Crippen LogP contribution in [0, 0.1) is 0 Å². The number of nitrogens with zero attached hydrogens (tertiary/aromatic N) is 5. The lowest BCUT2D eigenvalue weighted by molar-refractivity contribution is -0.130. The monoisotopic (exact) mass is 355 g/mol. The molecule has 0 aliphatic carbocycles. The fraction of sp³-hybridized carbons (Fsp3) is 0.474. The number of hydrogen-bond acceptors (Lipinski definition) is 5. The first-order valence-electron chi connectivity index (χ1n) is 9.01. The summed E-state index contributed by atoms with van der Waals surface area (Å²) in [4.78, 5) is 16.4. The lowest BCUT2D eigenvalue weighted by Gasteiger charge is -2.19. The Labute approximate surface area is 153 Å². The summed E-state index contributed by atoms with van der Waals surface area (Å²) >= 11 is 0. The molecule has 0 fully saturated rings. The van der Waals surface area contributed by atoms with Gasteiger partial charge in [0.05, 0.1) is 7.11 Å². The van der Waals surface area contributed by atoms with Crippen molar-refractivity contribution in [2.45, 2.75) is 45.6 Å². The summed E-state index contributed by atoms with van der Waals surface area (Å²) in [5.74, 6) is 2.41. The molecule has 7 nitrogen and oxygen atoms in total. The first-order chi connectivity index (χ1) is 12.6. The molecule has 0 spiro atoms. The van der Waals surface area contributed by atoms with E-state index in [1.165, 1.54) is 5.01 Å². The molecule has 0 N–H and O–H groups in total. The highest BCUT2D eigenvalue weighted by Gasteiger charge is 2.23. The van der Waals surface area contributed by atoms with Crippen molar-refractivity contribution in [1.82, 2.24) is 19.8 Å². The summed E-state index contributed by atoms with van der Waals surface area (Å²) < 4.78 is 7.14. The molecule has 2 heterocycles. The Kier molecular flexibility index (Phi) is 5.65. The minimum atomic E-state index is 0.0341. The number of unbranched alkanes of at least 4 members (excludes halogenated alkanes) is 1. The number of hydrogen-bond donors (Lipinski definition) is 0. The molecule has 2 aromatic rings. The third-order valence-electron chi connectivity index (χ3n) is 4.43. The summed E-state index contributed by atoms with van der Waals surface area (Å²) in [6.45, 7) is 2.96. The highest BCUT2D eigenvalue weighted by atomic mass is 16.5. The van der Waals surface area contributed by atoms with Crippen LogP contribution in [0.25, 0.3) is 0 Å². The van der Waals surface area contributed by atoms with Gasteiger partial charge in [-0.05, 0) is 24.1 Å². The smallest absolute Gasteiger partial charge is 0.242 e. The number of ether oxygens (including phenoxy) is 1. The lowest BCUT2D eigenvalue weighted by Crippen LogP contribution is -2.29. The van der Waals surface area contributed by atoms with Crippen molar-refractivity contribution in [3.8, 4) is 5.75 Å². The minimum absolute atomic E-state index is 0.0341. The van der Waals surface area contributed by atoms with Crippen LogP contribution in [0.5, 0.6) is 5.75 Å². The molecule has 0 bridgehead atoms. The van der Waals surface area contributed by atoms with Gasteiger partial charge in [0.2, 0.25) is 5.91 Å². The fourth-order valence-corrected chi connectivity index (χ4v) is 2.90. The van der Waals surface area contributed by atoms with Crippen LogP contribution in [0.2, 0.25) is 0 Å². The molecule has 138 valence electrons. The second-order valence-electron chi connectivity index (χ2n) is 6.42. The van der Waals surface area contributed by atoms with Crippen LogP contribution in [0.1, 0.15) is 49.8 Å². The van der Waals surface area contributed by atoms with Gasteiger partial charge in [0.1, 0.15) is 11.5 Å². The van der Waals surface area contributed by atoms with Gasteiger partial charge in [0.25, 0.3) is 0 Å². The standard InChI is InChI=1S/C19H25N5O2/c1-4-5-12-24-19(16-10-11-18(25)23(2)21-16)20-17(22-24)13-14-6-8-15(26-3)9-7-14/h6-9H,4-5,10-13H2,1-3H3. The van der Waals surface area contributed by atoms with Gasteiger partial charge in [0, 0.05) is 32.9 Å². The molecule has 1 amide bonds. The molecular formula is C19H25N5O2. The first-order valence-corrected chi connectivity index (χ1v) is 9.01. The number of carbonyl (C=O) groups is 1. The second-order valence-corrected chi connectivity index (χ2v) is 6.42. The maximum atomic E-state index is 11.7. The van der Waals surface area contributed by atoms with E-state index in [0.29, 0.717) is 19.3 Å². The normalized spacial score (nSPS) is 14.5. The molecule has 0 saturated heterocycles. The van der Waals surface area contributed by atoms with E-state index in [0.717, 1.165) is 48.1 Å². The molecule has 1 aliphatic heterocycles. The third-order valence-corrected chi connectivity index (χ3v) is 4.43. The van der Waals surface area contributed by atoms with Crippen LogP contribution in [0.15, 0.2) is 29.4 Å². The van der Waals surface area contributed by atoms with Crippen LogP contribution < -0.4 is 4.74 Å². The van der Waals surface area contributed by atoms with Gasteiger partial charge in [-0.15, -0.1) is 0 Å². The highest BCUT2D eigenvalue weighted by molar-refractivity contribution is 6.01.